The number of thiophene rings is 1. The quantitative estimate of drug-likeness (QED) is 0.551. The van der Waals surface area contributed by atoms with Crippen LogP contribution in [0.3, 0.4) is 0 Å². The first-order valence-electron chi connectivity index (χ1n) is 9.11. The SMILES string of the molecule is Cc1cc(C(=O)CCC(=O)N(Cc2ccco2)Cc2ccccc2O)c(C)s1. The Hall–Kier alpha value is -2.86. The molecule has 0 bridgehead atoms. The van der Waals surface area contributed by atoms with E-state index in [2.05, 4.69) is 0 Å². The summed E-state index contributed by atoms with van der Waals surface area (Å²) in [5, 5.41) is 10.1. The van der Waals surface area contributed by atoms with Crippen LogP contribution in [0.5, 0.6) is 5.75 Å². The van der Waals surface area contributed by atoms with E-state index in [1.165, 1.54) is 0 Å². The van der Waals surface area contributed by atoms with Crippen LogP contribution in [-0.4, -0.2) is 21.7 Å². The van der Waals surface area contributed by atoms with E-state index in [1.54, 1.807) is 52.8 Å². The van der Waals surface area contributed by atoms with Gasteiger partial charge in [-0.3, -0.25) is 9.59 Å². The van der Waals surface area contributed by atoms with Gasteiger partial charge in [-0.05, 0) is 38.1 Å². The van der Waals surface area contributed by atoms with Gasteiger partial charge in [0.25, 0.3) is 0 Å². The van der Waals surface area contributed by atoms with Crippen molar-refractivity contribution in [1.82, 2.24) is 4.90 Å². The molecule has 0 fully saturated rings. The monoisotopic (exact) mass is 397 g/mol. The average Bonchev–Trinajstić information content (AvgIpc) is 3.29. The van der Waals surface area contributed by atoms with E-state index < -0.39 is 0 Å². The lowest BCUT2D eigenvalue weighted by Gasteiger charge is -2.22. The van der Waals surface area contributed by atoms with Gasteiger partial charge in [0.15, 0.2) is 5.78 Å². The Bertz CT molecular complexity index is 959. The van der Waals surface area contributed by atoms with E-state index in [0.717, 1.165) is 9.75 Å². The first-order chi connectivity index (χ1) is 13.4. The van der Waals surface area contributed by atoms with Crippen molar-refractivity contribution in [1.29, 1.82) is 0 Å². The highest BCUT2D eigenvalue weighted by atomic mass is 32.1. The first-order valence-corrected chi connectivity index (χ1v) is 9.93. The normalized spacial score (nSPS) is 10.8. The number of amides is 1. The van der Waals surface area contributed by atoms with Gasteiger partial charge in [0, 0.05) is 40.3 Å². The Balaban J connectivity index is 1.70. The van der Waals surface area contributed by atoms with E-state index in [9.17, 15) is 14.7 Å². The van der Waals surface area contributed by atoms with E-state index in [4.69, 9.17) is 4.42 Å². The maximum atomic E-state index is 12.9. The van der Waals surface area contributed by atoms with Gasteiger partial charge < -0.3 is 14.4 Å². The minimum atomic E-state index is -0.155. The van der Waals surface area contributed by atoms with Crippen LogP contribution in [-0.2, 0) is 17.9 Å². The average molecular weight is 397 g/mol. The number of phenolic OH excluding ortho intramolecular Hbond substituents is 1. The summed E-state index contributed by atoms with van der Waals surface area (Å²) in [6, 6.07) is 12.4. The number of rotatable bonds is 8. The number of benzene rings is 1. The molecule has 0 unspecified atom stereocenters. The van der Waals surface area contributed by atoms with Crippen LogP contribution in [0.2, 0.25) is 0 Å². The molecule has 0 aliphatic heterocycles. The van der Waals surface area contributed by atoms with Crippen molar-refractivity contribution < 1.29 is 19.1 Å². The summed E-state index contributed by atoms with van der Waals surface area (Å²) in [6.45, 7) is 4.42. The fourth-order valence-corrected chi connectivity index (χ4v) is 4.04. The number of phenols is 1. The van der Waals surface area contributed by atoms with E-state index in [0.29, 0.717) is 16.9 Å². The topological polar surface area (TPSA) is 70.8 Å². The summed E-state index contributed by atoms with van der Waals surface area (Å²) in [5.74, 6) is 0.618. The molecular weight excluding hydrogens is 374 g/mol. The molecule has 1 aromatic carbocycles. The molecule has 3 rings (SSSR count). The standard InChI is InChI=1S/C22H23NO4S/c1-15-12-19(16(2)28-15)21(25)9-10-22(26)23(14-18-7-5-11-27-18)13-17-6-3-4-8-20(17)24/h3-8,11-12,24H,9-10,13-14H2,1-2H3. The number of ketones is 1. The third-order valence-corrected chi connectivity index (χ3v) is 5.51. The highest BCUT2D eigenvalue weighted by molar-refractivity contribution is 7.12. The smallest absolute Gasteiger partial charge is 0.223 e. The highest BCUT2D eigenvalue weighted by Crippen LogP contribution is 2.23. The summed E-state index contributed by atoms with van der Waals surface area (Å²) in [7, 11) is 0. The van der Waals surface area contributed by atoms with Crippen molar-refractivity contribution in [2.24, 2.45) is 0 Å². The fourth-order valence-electron chi connectivity index (χ4n) is 3.09. The van der Waals surface area contributed by atoms with Gasteiger partial charge in [0.05, 0.1) is 12.8 Å². The van der Waals surface area contributed by atoms with Gasteiger partial charge in [0.1, 0.15) is 11.5 Å². The number of carbonyl (C=O) groups is 2. The predicted molar refractivity (Wildman–Crippen MR) is 108 cm³/mol. The maximum Gasteiger partial charge on any atom is 0.223 e. The van der Waals surface area contributed by atoms with Crippen LogP contribution in [0, 0.1) is 13.8 Å². The van der Waals surface area contributed by atoms with Crippen LogP contribution in [0.4, 0.5) is 0 Å². The van der Waals surface area contributed by atoms with Crippen molar-refractivity contribution in [3.63, 3.8) is 0 Å². The molecule has 6 heteroatoms. The minimum absolute atomic E-state index is 0.0179. The number of hydrogen-bond acceptors (Lipinski definition) is 5. The van der Waals surface area contributed by atoms with Gasteiger partial charge in [0.2, 0.25) is 5.91 Å². The van der Waals surface area contributed by atoms with Crippen LogP contribution in [0.15, 0.2) is 53.1 Å². The summed E-state index contributed by atoms with van der Waals surface area (Å²) in [6.07, 6.45) is 1.83. The fraction of sp³-hybridized carbons (Fsp3) is 0.273. The zero-order chi connectivity index (χ0) is 20.1. The highest BCUT2D eigenvalue weighted by Gasteiger charge is 2.20. The van der Waals surface area contributed by atoms with Crippen LogP contribution < -0.4 is 0 Å². The summed E-state index contributed by atoms with van der Waals surface area (Å²) >= 11 is 1.59. The van der Waals surface area contributed by atoms with Crippen molar-refractivity contribution in [2.75, 3.05) is 0 Å². The third-order valence-electron chi connectivity index (χ3n) is 4.54. The van der Waals surface area contributed by atoms with Gasteiger partial charge in [-0.2, -0.15) is 0 Å². The predicted octanol–water partition coefficient (Wildman–Crippen LogP) is 4.86. The van der Waals surface area contributed by atoms with Gasteiger partial charge >= 0.3 is 0 Å². The second-order valence-corrected chi connectivity index (χ2v) is 8.17. The Morgan fingerprint density at radius 1 is 1.07 bits per heavy atom. The van der Waals surface area contributed by atoms with Crippen LogP contribution in [0.25, 0.3) is 0 Å². The molecule has 0 radical (unpaired) electrons. The molecular formula is C22H23NO4S. The molecule has 146 valence electrons. The van der Waals surface area contributed by atoms with Crippen LogP contribution >= 0.6 is 11.3 Å². The molecule has 0 saturated heterocycles. The summed E-state index contributed by atoms with van der Waals surface area (Å²) in [5.41, 5.74) is 1.35. The Morgan fingerprint density at radius 2 is 1.86 bits per heavy atom. The number of aromatic hydroxyl groups is 1. The van der Waals surface area contributed by atoms with Crippen LogP contribution in [0.1, 0.15) is 44.3 Å². The minimum Gasteiger partial charge on any atom is -0.508 e. The second-order valence-electron chi connectivity index (χ2n) is 6.71. The molecule has 5 nitrogen and oxygen atoms in total. The summed E-state index contributed by atoms with van der Waals surface area (Å²) in [4.78, 5) is 29.1. The molecule has 0 saturated carbocycles. The molecule has 0 atom stereocenters. The maximum absolute atomic E-state index is 12.9. The molecule has 28 heavy (non-hydrogen) atoms. The molecule has 2 aromatic heterocycles. The second kappa shape index (κ2) is 8.89. The molecule has 0 spiro atoms. The molecule has 3 aromatic rings. The number of hydrogen-bond donors (Lipinski definition) is 1. The van der Waals surface area contributed by atoms with E-state index >= 15 is 0 Å². The number of furan rings is 1. The lowest BCUT2D eigenvalue weighted by Crippen LogP contribution is -2.30. The van der Waals surface area contributed by atoms with Gasteiger partial charge in [-0.25, -0.2) is 0 Å². The van der Waals surface area contributed by atoms with Crippen molar-refractivity contribution in [3.8, 4) is 5.75 Å². The van der Waals surface area contributed by atoms with Crippen molar-refractivity contribution >= 4 is 23.0 Å². The van der Waals surface area contributed by atoms with Crippen molar-refractivity contribution in [2.45, 2.75) is 39.8 Å². The zero-order valence-corrected chi connectivity index (χ0v) is 16.8. The number of aryl methyl sites for hydroxylation is 2. The molecule has 1 N–H and O–H groups in total. The number of Topliss-reactive ketones (excluding diaryl/α,β-unsaturated/α-hetero) is 1. The van der Waals surface area contributed by atoms with Crippen molar-refractivity contribution in [3.05, 3.63) is 75.4 Å². The lowest BCUT2D eigenvalue weighted by atomic mass is 10.1. The Kier molecular flexibility index (Phi) is 6.31. The zero-order valence-electron chi connectivity index (χ0n) is 16.0. The van der Waals surface area contributed by atoms with Gasteiger partial charge in [-0.15, -0.1) is 11.3 Å². The molecule has 0 aliphatic carbocycles. The van der Waals surface area contributed by atoms with E-state index in [1.807, 2.05) is 26.0 Å². The van der Waals surface area contributed by atoms with E-state index in [-0.39, 0.29) is 43.4 Å². The lowest BCUT2D eigenvalue weighted by molar-refractivity contribution is -0.132. The number of para-hydroxylation sites is 1. The van der Waals surface area contributed by atoms with Gasteiger partial charge in [-0.1, -0.05) is 18.2 Å². The third kappa shape index (κ3) is 4.89. The summed E-state index contributed by atoms with van der Waals surface area (Å²) < 4.78 is 5.37. The molecule has 0 aliphatic rings. The molecule has 2 heterocycles. The molecule has 1 amide bonds. The largest absolute Gasteiger partial charge is 0.508 e. The first kappa shape index (κ1) is 19.9. The number of carbonyl (C=O) groups excluding carboxylic acids is 2. The number of nitrogens with zero attached hydrogens (tertiary/aromatic N) is 1. The Morgan fingerprint density at radius 3 is 2.50 bits per heavy atom. The Labute approximate surface area is 168 Å².